The second kappa shape index (κ2) is 8.73. The molecule has 2 amide bonds. The van der Waals surface area contributed by atoms with Gasteiger partial charge in [-0.25, -0.2) is 4.79 Å². The Bertz CT molecular complexity index is 611. The Balaban J connectivity index is 1.77. The van der Waals surface area contributed by atoms with Gasteiger partial charge in [0.1, 0.15) is 5.75 Å². The van der Waals surface area contributed by atoms with Crippen LogP contribution in [0.25, 0.3) is 0 Å². The van der Waals surface area contributed by atoms with Crippen LogP contribution in [0, 0.1) is 6.92 Å². The molecule has 0 fully saturated rings. The van der Waals surface area contributed by atoms with Crippen molar-refractivity contribution in [2.75, 3.05) is 11.9 Å². The minimum Gasteiger partial charge on any atom is -0.494 e. The number of benzene rings is 1. The Kier molecular flexibility index (Phi) is 6.35. The molecule has 0 aliphatic rings. The highest BCUT2D eigenvalue weighted by Gasteiger charge is 2.03. The summed E-state index contributed by atoms with van der Waals surface area (Å²) in [7, 11) is 0. The van der Waals surface area contributed by atoms with Crippen molar-refractivity contribution in [2.24, 2.45) is 0 Å². The van der Waals surface area contributed by atoms with Crippen LogP contribution in [0.1, 0.15) is 31.2 Å². The van der Waals surface area contributed by atoms with E-state index in [1.54, 1.807) is 12.4 Å². The van der Waals surface area contributed by atoms with Gasteiger partial charge < -0.3 is 15.4 Å². The number of hydrogen-bond acceptors (Lipinski definition) is 4. The van der Waals surface area contributed by atoms with Crippen molar-refractivity contribution in [3.8, 4) is 5.75 Å². The first-order valence-corrected chi connectivity index (χ1v) is 7.72. The number of carbonyl (C=O) groups excluding carboxylic acids is 1. The van der Waals surface area contributed by atoms with E-state index in [2.05, 4.69) is 27.5 Å². The van der Waals surface area contributed by atoms with Crippen molar-refractivity contribution >= 4 is 11.7 Å². The lowest BCUT2D eigenvalue weighted by atomic mass is 10.3. The van der Waals surface area contributed by atoms with E-state index in [0.29, 0.717) is 24.5 Å². The van der Waals surface area contributed by atoms with Gasteiger partial charge in [-0.05, 0) is 37.6 Å². The van der Waals surface area contributed by atoms with E-state index in [9.17, 15) is 4.79 Å². The van der Waals surface area contributed by atoms with Crippen molar-refractivity contribution < 1.29 is 9.53 Å². The van der Waals surface area contributed by atoms with Crippen LogP contribution < -0.4 is 15.4 Å². The number of amides is 2. The molecule has 0 aliphatic heterocycles. The van der Waals surface area contributed by atoms with Crippen molar-refractivity contribution in [3.63, 3.8) is 0 Å². The van der Waals surface area contributed by atoms with Crippen molar-refractivity contribution in [1.29, 1.82) is 0 Å². The Hall–Kier alpha value is -2.63. The van der Waals surface area contributed by atoms with Crippen LogP contribution >= 0.6 is 0 Å². The number of aryl methyl sites for hydroxylation is 1. The third kappa shape index (κ3) is 5.94. The molecule has 23 heavy (non-hydrogen) atoms. The Morgan fingerprint density at radius 2 is 1.96 bits per heavy atom. The normalized spacial score (nSPS) is 10.2. The molecule has 2 aromatic rings. The average molecular weight is 314 g/mol. The maximum Gasteiger partial charge on any atom is 0.319 e. The first kappa shape index (κ1) is 16.7. The first-order valence-electron chi connectivity index (χ1n) is 7.72. The molecule has 0 atom stereocenters. The van der Waals surface area contributed by atoms with Crippen LogP contribution in [-0.2, 0) is 6.54 Å². The van der Waals surface area contributed by atoms with E-state index >= 15 is 0 Å². The molecule has 2 rings (SSSR count). The molecule has 6 nitrogen and oxygen atoms in total. The van der Waals surface area contributed by atoms with E-state index in [0.717, 1.165) is 24.3 Å². The highest BCUT2D eigenvalue weighted by atomic mass is 16.5. The van der Waals surface area contributed by atoms with Crippen LogP contribution in [0.2, 0.25) is 0 Å². The molecule has 0 aliphatic carbocycles. The van der Waals surface area contributed by atoms with Crippen molar-refractivity contribution in [2.45, 2.75) is 33.2 Å². The van der Waals surface area contributed by atoms with Crippen LogP contribution in [0.4, 0.5) is 10.5 Å². The van der Waals surface area contributed by atoms with Gasteiger partial charge >= 0.3 is 6.03 Å². The standard InChI is InChI=1S/C17H22N4O2/c1-3-4-9-23-16-7-5-14(6-8-16)21-17(22)20-12-15-11-18-13(2)10-19-15/h5-8,10-11H,3-4,9,12H2,1-2H3,(H2,20,21,22). The Morgan fingerprint density at radius 1 is 1.17 bits per heavy atom. The van der Waals surface area contributed by atoms with Gasteiger partial charge in [0.05, 0.1) is 30.7 Å². The van der Waals surface area contributed by atoms with Crippen LogP contribution in [0.15, 0.2) is 36.7 Å². The highest BCUT2D eigenvalue weighted by molar-refractivity contribution is 5.89. The van der Waals surface area contributed by atoms with Crippen LogP contribution in [0.3, 0.4) is 0 Å². The van der Waals surface area contributed by atoms with Crippen LogP contribution in [0.5, 0.6) is 5.75 Å². The Labute approximate surface area is 136 Å². The largest absolute Gasteiger partial charge is 0.494 e. The monoisotopic (exact) mass is 314 g/mol. The predicted octanol–water partition coefficient (Wildman–Crippen LogP) is 3.29. The number of nitrogens with zero attached hydrogens (tertiary/aromatic N) is 2. The summed E-state index contributed by atoms with van der Waals surface area (Å²) in [6.07, 6.45) is 5.46. The molecule has 0 radical (unpaired) electrons. The summed E-state index contributed by atoms with van der Waals surface area (Å²) in [5, 5.41) is 5.50. The molecule has 1 aromatic heterocycles. The molecular formula is C17H22N4O2. The zero-order chi connectivity index (χ0) is 16.5. The average Bonchev–Trinajstić information content (AvgIpc) is 2.56. The van der Waals surface area contributed by atoms with Gasteiger partial charge in [-0.2, -0.15) is 0 Å². The molecule has 2 N–H and O–H groups in total. The van der Waals surface area contributed by atoms with Gasteiger partial charge in [-0.1, -0.05) is 13.3 Å². The number of rotatable bonds is 7. The second-order valence-corrected chi connectivity index (χ2v) is 5.18. The fourth-order valence-corrected chi connectivity index (χ4v) is 1.83. The van der Waals surface area contributed by atoms with Crippen molar-refractivity contribution in [3.05, 3.63) is 48.0 Å². The zero-order valence-electron chi connectivity index (χ0n) is 13.5. The van der Waals surface area contributed by atoms with Crippen molar-refractivity contribution in [1.82, 2.24) is 15.3 Å². The fraction of sp³-hybridized carbons (Fsp3) is 0.353. The summed E-state index contributed by atoms with van der Waals surface area (Å²) in [6.45, 7) is 5.03. The third-order valence-electron chi connectivity index (χ3n) is 3.14. The molecule has 0 unspecified atom stereocenters. The molecule has 6 heteroatoms. The second-order valence-electron chi connectivity index (χ2n) is 5.18. The van der Waals surface area contributed by atoms with Gasteiger partial charge in [0.25, 0.3) is 0 Å². The molecule has 0 saturated heterocycles. The number of unbranched alkanes of at least 4 members (excludes halogenated alkanes) is 1. The summed E-state index contributed by atoms with van der Waals surface area (Å²) in [5.41, 5.74) is 2.27. The fourth-order valence-electron chi connectivity index (χ4n) is 1.83. The quantitative estimate of drug-likeness (QED) is 0.769. The summed E-state index contributed by atoms with van der Waals surface area (Å²) >= 11 is 0. The predicted molar refractivity (Wildman–Crippen MR) is 89.5 cm³/mol. The summed E-state index contributed by atoms with van der Waals surface area (Å²) in [4.78, 5) is 20.2. The summed E-state index contributed by atoms with van der Waals surface area (Å²) in [6, 6.07) is 7.03. The van der Waals surface area contributed by atoms with Gasteiger partial charge in [0.15, 0.2) is 0 Å². The first-order chi connectivity index (χ1) is 11.2. The minimum absolute atomic E-state index is 0.285. The van der Waals surface area contributed by atoms with E-state index < -0.39 is 0 Å². The lowest BCUT2D eigenvalue weighted by Gasteiger charge is -2.09. The lowest BCUT2D eigenvalue weighted by molar-refractivity contribution is 0.251. The number of ether oxygens (including phenoxy) is 1. The smallest absolute Gasteiger partial charge is 0.319 e. The zero-order valence-corrected chi connectivity index (χ0v) is 13.5. The maximum absolute atomic E-state index is 11.8. The molecule has 0 saturated carbocycles. The van der Waals surface area contributed by atoms with Gasteiger partial charge in [-0.3, -0.25) is 9.97 Å². The lowest BCUT2D eigenvalue weighted by Crippen LogP contribution is -2.28. The van der Waals surface area contributed by atoms with Gasteiger partial charge in [0.2, 0.25) is 0 Å². The minimum atomic E-state index is -0.285. The topological polar surface area (TPSA) is 76.1 Å². The highest BCUT2D eigenvalue weighted by Crippen LogP contribution is 2.15. The maximum atomic E-state index is 11.8. The SMILES string of the molecule is CCCCOc1ccc(NC(=O)NCc2cnc(C)cn2)cc1. The number of urea groups is 1. The van der Waals surface area contributed by atoms with Gasteiger partial charge in [-0.15, -0.1) is 0 Å². The van der Waals surface area contributed by atoms with Crippen LogP contribution in [-0.4, -0.2) is 22.6 Å². The Morgan fingerprint density at radius 3 is 2.61 bits per heavy atom. The summed E-state index contributed by atoms with van der Waals surface area (Å²) < 4.78 is 5.58. The molecule has 122 valence electrons. The number of nitrogens with one attached hydrogen (secondary N) is 2. The van der Waals surface area contributed by atoms with E-state index in [4.69, 9.17) is 4.74 Å². The number of anilines is 1. The van der Waals surface area contributed by atoms with E-state index in [1.165, 1.54) is 0 Å². The number of aromatic nitrogens is 2. The molecule has 0 bridgehead atoms. The molecule has 1 aromatic carbocycles. The summed E-state index contributed by atoms with van der Waals surface area (Å²) in [5.74, 6) is 0.805. The van der Waals surface area contributed by atoms with E-state index in [1.807, 2.05) is 31.2 Å². The number of carbonyl (C=O) groups is 1. The number of hydrogen-bond donors (Lipinski definition) is 2. The third-order valence-corrected chi connectivity index (χ3v) is 3.14. The molecular weight excluding hydrogens is 292 g/mol. The molecule has 0 spiro atoms. The van der Waals surface area contributed by atoms with E-state index in [-0.39, 0.29) is 6.03 Å². The van der Waals surface area contributed by atoms with Gasteiger partial charge in [0, 0.05) is 11.9 Å². The molecule has 1 heterocycles.